The minimum absolute atomic E-state index is 0.127. The molecule has 0 saturated heterocycles. The summed E-state index contributed by atoms with van der Waals surface area (Å²) in [6.45, 7) is 5.81. The molecular weight excluding hydrogens is 264 g/mol. The molecule has 0 radical (unpaired) electrons. The van der Waals surface area contributed by atoms with Gasteiger partial charge in [0.25, 0.3) is 10.9 Å². The van der Waals surface area contributed by atoms with Gasteiger partial charge in [-0.05, 0) is 35.4 Å². The van der Waals surface area contributed by atoms with Crippen molar-refractivity contribution in [2.75, 3.05) is 17.2 Å². The van der Waals surface area contributed by atoms with E-state index in [4.69, 9.17) is 5.73 Å². The summed E-state index contributed by atoms with van der Waals surface area (Å²) in [6.07, 6.45) is 1.94. The third-order valence-corrected chi connectivity index (χ3v) is 4.16. The quantitative estimate of drug-likeness (QED) is 0.870. The summed E-state index contributed by atoms with van der Waals surface area (Å²) in [5.41, 5.74) is 9.14. The van der Waals surface area contributed by atoms with Gasteiger partial charge in [0.2, 0.25) is 0 Å². The maximum atomic E-state index is 11.7. The second-order valence-corrected chi connectivity index (χ2v) is 6.29. The third kappa shape index (κ3) is 2.35. The smallest absolute Gasteiger partial charge is 0.253 e. The van der Waals surface area contributed by atoms with Crippen molar-refractivity contribution in [2.24, 2.45) is 5.92 Å². The van der Waals surface area contributed by atoms with Crippen molar-refractivity contribution in [2.45, 2.75) is 33.2 Å². The average Bonchev–Trinajstić information content (AvgIpc) is 2.46. The van der Waals surface area contributed by atoms with E-state index in [1.165, 1.54) is 16.7 Å². The molecule has 21 heavy (non-hydrogen) atoms. The van der Waals surface area contributed by atoms with Crippen LogP contribution in [0.1, 0.15) is 30.5 Å². The molecule has 4 heteroatoms. The molecule has 110 valence electrons. The first-order valence-corrected chi connectivity index (χ1v) is 7.41. The third-order valence-electron chi connectivity index (χ3n) is 4.16. The monoisotopic (exact) mass is 284 g/mol. The zero-order chi connectivity index (χ0) is 15.1. The SMILES string of the molecule is CC(C)Cc1ccc2c(c1)CN(c1c(N)c(=O)c1=O)CC2. The molecule has 4 nitrogen and oxygen atoms in total. The fraction of sp³-hybridized carbons (Fsp3) is 0.412. The number of anilines is 2. The Hall–Kier alpha value is -2.10. The summed E-state index contributed by atoms with van der Waals surface area (Å²) in [5.74, 6) is 0.618. The van der Waals surface area contributed by atoms with E-state index in [-0.39, 0.29) is 5.69 Å². The van der Waals surface area contributed by atoms with Crippen LogP contribution in [-0.2, 0) is 19.4 Å². The Morgan fingerprint density at radius 2 is 1.95 bits per heavy atom. The van der Waals surface area contributed by atoms with E-state index >= 15 is 0 Å². The highest BCUT2D eigenvalue weighted by atomic mass is 16.2. The lowest BCUT2D eigenvalue weighted by Gasteiger charge is -2.32. The highest BCUT2D eigenvalue weighted by molar-refractivity contribution is 5.73. The van der Waals surface area contributed by atoms with Gasteiger partial charge in [-0.1, -0.05) is 32.0 Å². The van der Waals surface area contributed by atoms with E-state index in [1.807, 2.05) is 4.90 Å². The van der Waals surface area contributed by atoms with Gasteiger partial charge in [0.1, 0.15) is 11.4 Å². The van der Waals surface area contributed by atoms with E-state index in [0.717, 1.165) is 19.4 Å². The lowest BCUT2D eigenvalue weighted by molar-refractivity contribution is 0.644. The Labute approximate surface area is 123 Å². The van der Waals surface area contributed by atoms with Crippen LogP contribution >= 0.6 is 0 Å². The second-order valence-electron chi connectivity index (χ2n) is 6.29. The van der Waals surface area contributed by atoms with Crippen molar-refractivity contribution in [1.29, 1.82) is 0 Å². The zero-order valence-corrected chi connectivity index (χ0v) is 12.5. The second kappa shape index (κ2) is 5.02. The lowest BCUT2D eigenvalue weighted by atomic mass is 9.93. The fourth-order valence-corrected chi connectivity index (χ4v) is 3.11. The molecule has 0 spiro atoms. The predicted octanol–water partition coefficient (Wildman–Crippen LogP) is 1.63. The van der Waals surface area contributed by atoms with E-state index in [9.17, 15) is 9.59 Å². The normalized spacial score (nSPS) is 14.7. The Kier molecular flexibility index (Phi) is 3.32. The van der Waals surface area contributed by atoms with Gasteiger partial charge in [-0.3, -0.25) is 9.59 Å². The van der Waals surface area contributed by atoms with Crippen LogP contribution in [-0.4, -0.2) is 6.54 Å². The minimum atomic E-state index is -0.538. The number of hydrogen-bond acceptors (Lipinski definition) is 4. The summed E-state index contributed by atoms with van der Waals surface area (Å²) in [4.78, 5) is 24.9. The van der Waals surface area contributed by atoms with E-state index in [2.05, 4.69) is 32.0 Å². The van der Waals surface area contributed by atoms with Crippen molar-refractivity contribution in [3.63, 3.8) is 0 Å². The van der Waals surface area contributed by atoms with Crippen molar-refractivity contribution < 1.29 is 0 Å². The van der Waals surface area contributed by atoms with Crippen LogP contribution in [0.4, 0.5) is 11.4 Å². The topological polar surface area (TPSA) is 63.4 Å². The molecule has 0 bridgehead atoms. The van der Waals surface area contributed by atoms with E-state index < -0.39 is 10.9 Å². The summed E-state index contributed by atoms with van der Waals surface area (Å²) in [7, 11) is 0. The molecule has 0 fully saturated rings. The van der Waals surface area contributed by atoms with Crippen LogP contribution in [0, 0.1) is 5.92 Å². The van der Waals surface area contributed by atoms with Gasteiger partial charge in [-0.15, -0.1) is 0 Å². The van der Waals surface area contributed by atoms with Crippen molar-refractivity contribution in [3.05, 3.63) is 55.3 Å². The Bertz CT molecular complexity index is 755. The first-order chi connectivity index (χ1) is 9.97. The van der Waals surface area contributed by atoms with Crippen LogP contribution in [0.5, 0.6) is 0 Å². The van der Waals surface area contributed by atoms with Gasteiger partial charge in [-0.2, -0.15) is 0 Å². The first-order valence-electron chi connectivity index (χ1n) is 7.41. The fourth-order valence-electron chi connectivity index (χ4n) is 3.11. The maximum Gasteiger partial charge on any atom is 0.253 e. The predicted molar refractivity (Wildman–Crippen MR) is 85.5 cm³/mol. The van der Waals surface area contributed by atoms with E-state index in [0.29, 0.717) is 18.2 Å². The average molecular weight is 284 g/mol. The van der Waals surface area contributed by atoms with Gasteiger partial charge in [0.15, 0.2) is 0 Å². The Morgan fingerprint density at radius 1 is 1.19 bits per heavy atom. The minimum Gasteiger partial charge on any atom is -0.394 e. The van der Waals surface area contributed by atoms with Crippen molar-refractivity contribution >= 4 is 11.4 Å². The molecule has 0 saturated carbocycles. The zero-order valence-electron chi connectivity index (χ0n) is 12.5. The van der Waals surface area contributed by atoms with E-state index in [1.54, 1.807) is 0 Å². The van der Waals surface area contributed by atoms with Crippen molar-refractivity contribution in [3.8, 4) is 0 Å². The van der Waals surface area contributed by atoms with Gasteiger partial charge in [0.05, 0.1) is 0 Å². The summed E-state index contributed by atoms with van der Waals surface area (Å²) < 4.78 is 0. The Balaban J connectivity index is 1.88. The van der Waals surface area contributed by atoms with Crippen LogP contribution in [0.25, 0.3) is 0 Å². The number of fused-ring (bicyclic) bond motifs is 1. The number of nitrogens with zero attached hydrogens (tertiary/aromatic N) is 1. The largest absolute Gasteiger partial charge is 0.394 e. The number of rotatable bonds is 3. The number of benzene rings is 1. The summed E-state index contributed by atoms with van der Waals surface area (Å²) in [5, 5.41) is 0. The molecule has 0 aliphatic carbocycles. The number of nitrogen functional groups attached to an aromatic ring is 1. The van der Waals surface area contributed by atoms with Gasteiger partial charge >= 0.3 is 0 Å². The first kappa shape index (κ1) is 13.9. The molecule has 0 aromatic heterocycles. The molecule has 0 atom stereocenters. The van der Waals surface area contributed by atoms with Crippen LogP contribution in [0.15, 0.2) is 27.8 Å². The number of hydrogen-bond donors (Lipinski definition) is 1. The molecule has 0 unspecified atom stereocenters. The lowest BCUT2D eigenvalue weighted by Crippen LogP contribution is -2.44. The molecule has 3 rings (SSSR count). The highest BCUT2D eigenvalue weighted by Gasteiger charge is 2.26. The Morgan fingerprint density at radius 3 is 2.62 bits per heavy atom. The standard InChI is InChI=1S/C17H20N2O2/c1-10(2)7-11-3-4-12-5-6-19(9-13(12)8-11)15-14(18)16(20)17(15)21/h3-4,8,10H,5-7,9,18H2,1-2H3. The molecule has 2 aromatic carbocycles. The number of nitrogens with two attached hydrogens (primary N) is 1. The van der Waals surface area contributed by atoms with Crippen LogP contribution < -0.4 is 21.5 Å². The molecule has 2 N–H and O–H groups in total. The molecule has 1 heterocycles. The summed E-state index contributed by atoms with van der Waals surface area (Å²) in [6, 6.07) is 6.61. The summed E-state index contributed by atoms with van der Waals surface area (Å²) >= 11 is 0. The highest BCUT2D eigenvalue weighted by Crippen LogP contribution is 2.26. The van der Waals surface area contributed by atoms with Crippen LogP contribution in [0.2, 0.25) is 0 Å². The molecule has 1 aliphatic heterocycles. The van der Waals surface area contributed by atoms with Gasteiger partial charge < -0.3 is 10.6 Å². The molecule has 2 aromatic rings. The molecule has 0 amide bonds. The van der Waals surface area contributed by atoms with Crippen molar-refractivity contribution in [1.82, 2.24) is 0 Å². The van der Waals surface area contributed by atoms with Gasteiger partial charge in [-0.25, -0.2) is 0 Å². The molecular formula is C17H20N2O2. The molecule has 1 aliphatic rings. The van der Waals surface area contributed by atoms with Crippen LogP contribution in [0.3, 0.4) is 0 Å². The van der Waals surface area contributed by atoms with Gasteiger partial charge in [0, 0.05) is 13.1 Å². The maximum absolute atomic E-state index is 11.7.